The van der Waals surface area contributed by atoms with E-state index in [1.165, 1.54) is 43.6 Å². The Kier molecular flexibility index (Phi) is 6.07. The fourth-order valence-electron chi connectivity index (χ4n) is 1.80. The number of carbonyl (C=O) groups is 2. The number of nitrogens with one attached hydrogen (secondary N) is 2. The van der Waals surface area contributed by atoms with Crippen molar-refractivity contribution in [1.82, 2.24) is 20.1 Å². The average Bonchev–Trinajstić information content (AvgIpc) is 2.60. The number of pyridine rings is 1. The minimum absolute atomic E-state index is 0.00437. The van der Waals surface area contributed by atoms with Crippen LogP contribution < -0.4 is 10.9 Å². The summed E-state index contributed by atoms with van der Waals surface area (Å²) in [5.41, 5.74) is 4.42. The minimum Gasteiger partial charge on any atom is -0.272 e. The average molecular weight is 383 g/mol. The van der Waals surface area contributed by atoms with Gasteiger partial charge in [0.15, 0.2) is 0 Å². The number of hydrogen-bond acceptors (Lipinski definition) is 5. The van der Waals surface area contributed by atoms with Crippen LogP contribution in [0.2, 0.25) is 5.02 Å². The topological polar surface area (TPSA) is 108 Å². The molecule has 0 aliphatic carbocycles. The molecule has 1 aromatic heterocycles. The van der Waals surface area contributed by atoms with Crippen LogP contribution >= 0.6 is 11.6 Å². The summed E-state index contributed by atoms with van der Waals surface area (Å²) < 4.78 is 25.5. The van der Waals surface area contributed by atoms with Gasteiger partial charge in [-0.05, 0) is 36.4 Å². The largest absolute Gasteiger partial charge is 0.288 e. The van der Waals surface area contributed by atoms with E-state index in [9.17, 15) is 18.0 Å². The predicted octanol–water partition coefficient (Wildman–Crippen LogP) is 0.817. The van der Waals surface area contributed by atoms with Crippen LogP contribution in [0.25, 0.3) is 0 Å². The van der Waals surface area contributed by atoms with Gasteiger partial charge in [0, 0.05) is 18.3 Å². The number of rotatable bonds is 5. The highest BCUT2D eigenvalue weighted by Gasteiger charge is 2.23. The van der Waals surface area contributed by atoms with Crippen molar-refractivity contribution < 1.29 is 18.0 Å². The molecule has 0 radical (unpaired) electrons. The number of sulfonamides is 1. The Balaban J connectivity index is 1.93. The SMILES string of the molecule is CN(CC(=O)NNC(=O)c1ccccn1)S(=O)(=O)c1ccc(Cl)cc1. The zero-order chi connectivity index (χ0) is 18.4. The van der Waals surface area contributed by atoms with Crippen LogP contribution in [0, 0.1) is 0 Å². The quantitative estimate of drug-likeness (QED) is 0.744. The molecule has 1 heterocycles. The molecule has 2 rings (SSSR count). The Hall–Kier alpha value is -2.49. The number of benzene rings is 1. The summed E-state index contributed by atoms with van der Waals surface area (Å²) >= 11 is 5.73. The predicted molar refractivity (Wildman–Crippen MR) is 91.1 cm³/mol. The number of hydrazine groups is 1. The fourth-order valence-corrected chi connectivity index (χ4v) is 3.05. The smallest absolute Gasteiger partial charge is 0.272 e. The molecule has 10 heteroatoms. The van der Waals surface area contributed by atoms with Crippen LogP contribution in [0.15, 0.2) is 53.6 Å². The molecule has 8 nitrogen and oxygen atoms in total. The van der Waals surface area contributed by atoms with E-state index < -0.39 is 28.4 Å². The van der Waals surface area contributed by atoms with Gasteiger partial charge in [-0.3, -0.25) is 25.4 Å². The summed E-state index contributed by atoms with van der Waals surface area (Å²) in [6.45, 7) is -0.479. The molecule has 0 aliphatic heterocycles. The van der Waals surface area contributed by atoms with E-state index in [2.05, 4.69) is 15.8 Å². The first kappa shape index (κ1) is 18.8. The molecule has 2 aromatic rings. The third-order valence-electron chi connectivity index (χ3n) is 3.10. The highest BCUT2D eigenvalue weighted by Crippen LogP contribution is 2.17. The number of halogens is 1. The number of hydrogen-bond donors (Lipinski definition) is 2. The molecule has 1 aromatic carbocycles. The summed E-state index contributed by atoms with van der Waals surface area (Å²) in [4.78, 5) is 27.4. The summed E-state index contributed by atoms with van der Waals surface area (Å²) in [6, 6.07) is 10.3. The fraction of sp³-hybridized carbons (Fsp3) is 0.133. The van der Waals surface area contributed by atoms with Gasteiger partial charge in [-0.1, -0.05) is 17.7 Å². The Morgan fingerprint density at radius 2 is 1.80 bits per heavy atom. The maximum absolute atomic E-state index is 12.3. The van der Waals surface area contributed by atoms with Crippen molar-refractivity contribution in [1.29, 1.82) is 0 Å². The van der Waals surface area contributed by atoms with Gasteiger partial charge in [-0.25, -0.2) is 8.42 Å². The van der Waals surface area contributed by atoms with E-state index >= 15 is 0 Å². The lowest BCUT2D eigenvalue weighted by atomic mass is 10.3. The standard InChI is InChI=1S/C15H15ClN4O4S/c1-20(25(23,24)12-7-5-11(16)6-8-12)10-14(21)18-19-15(22)13-4-2-3-9-17-13/h2-9H,10H2,1H3,(H,18,21)(H,19,22). The first-order valence-electron chi connectivity index (χ1n) is 7.03. The van der Waals surface area contributed by atoms with Gasteiger partial charge in [0.2, 0.25) is 10.0 Å². The molecule has 0 saturated heterocycles. The second-order valence-corrected chi connectivity index (χ2v) is 7.41. The Morgan fingerprint density at radius 1 is 1.12 bits per heavy atom. The minimum atomic E-state index is -3.85. The lowest BCUT2D eigenvalue weighted by Crippen LogP contribution is -2.46. The number of nitrogens with zero attached hydrogens (tertiary/aromatic N) is 2. The van der Waals surface area contributed by atoms with Gasteiger partial charge in [-0.2, -0.15) is 4.31 Å². The van der Waals surface area contributed by atoms with Crippen molar-refractivity contribution in [3.63, 3.8) is 0 Å². The maximum Gasteiger partial charge on any atom is 0.288 e. The van der Waals surface area contributed by atoms with E-state index in [-0.39, 0.29) is 10.6 Å². The highest BCUT2D eigenvalue weighted by molar-refractivity contribution is 7.89. The Bertz CT molecular complexity index is 857. The molecule has 0 aliphatic rings. The second-order valence-electron chi connectivity index (χ2n) is 4.93. The number of likely N-dealkylation sites (N-methyl/N-ethyl adjacent to an activating group) is 1. The first-order chi connectivity index (χ1) is 11.8. The lowest BCUT2D eigenvalue weighted by molar-refractivity contribution is -0.121. The summed E-state index contributed by atoms with van der Waals surface area (Å²) in [5.74, 6) is -1.32. The molecule has 2 amide bonds. The first-order valence-corrected chi connectivity index (χ1v) is 8.84. The van der Waals surface area contributed by atoms with E-state index in [1.54, 1.807) is 12.1 Å². The normalized spacial score (nSPS) is 11.2. The molecule has 132 valence electrons. The molecule has 0 saturated carbocycles. The van der Waals surface area contributed by atoms with Gasteiger partial charge in [0.1, 0.15) is 5.69 Å². The van der Waals surface area contributed by atoms with E-state index in [4.69, 9.17) is 11.6 Å². The van der Waals surface area contributed by atoms with Crippen molar-refractivity contribution in [2.75, 3.05) is 13.6 Å². The van der Waals surface area contributed by atoms with Crippen LogP contribution in [0.4, 0.5) is 0 Å². The molecule has 0 atom stereocenters. The Labute approximate surface area is 149 Å². The number of aromatic nitrogens is 1. The Morgan fingerprint density at radius 3 is 2.40 bits per heavy atom. The molecule has 25 heavy (non-hydrogen) atoms. The van der Waals surface area contributed by atoms with Crippen LogP contribution in [0.5, 0.6) is 0 Å². The summed E-state index contributed by atoms with van der Waals surface area (Å²) in [6.07, 6.45) is 1.43. The third-order valence-corrected chi connectivity index (χ3v) is 5.17. The molecule has 2 N–H and O–H groups in total. The highest BCUT2D eigenvalue weighted by atomic mass is 35.5. The molecular weight excluding hydrogens is 368 g/mol. The molecule has 0 spiro atoms. The summed E-state index contributed by atoms with van der Waals surface area (Å²) in [7, 11) is -2.60. The molecule has 0 fully saturated rings. The number of carbonyl (C=O) groups excluding carboxylic acids is 2. The lowest BCUT2D eigenvalue weighted by Gasteiger charge is -2.17. The van der Waals surface area contributed by atoms with Crippen molar-refractivity contribution in [3.8, 4) is 0 Å². The molecular formula is C15H15ClN4O4S. The van der Waals surface area contributed by atoms with Gasteiger partial charge >= 0.3 is 0 Å². The van der Waals surface area contributed by atoms with Crippen LogP contribution in [-0.4, -0.2) is 43.1 Å². The number of amides is 2. The van der Waals surface area contributed by atoms with Crippen molar-refractivity contribution in [2.45, 2.75) is 4.90 Å². The molecule has 0 bridgehead atoms. The van der Waals surface area contributed by atoms with E-state index in [0.29, 0.717) is 5.02 Å². The maximum atomic E-state index is 12.3. The van der Waals surface area contributed by atoms with Gasteiger partial charge < -0.3 is 0 Å². The van der Waals surface area contributed by atoms with Crippen molar-refractivity contribution >= 4 is 33.4 Å². The van der Waals surface area contributed by atoms with Crippen molar-refractivity contribution in [3.05, 3.63) is 59.4 Å². The van der Waals surface area contributed by atoms with Gasteiger partial charge in [0.25, 0.3) is 11.8 Å². The third kappa shape index (κ3) is 4.99. The summed E-state index contributed by atoms with van der Waals surface area (Å²) in [5, 5.41) is 0.400. The van der Waals surface area contributed by atoms with E-state index in [0.717, 1.165) is 4.31 Å². The second kappa shape index (κ2) is 8.06. The van der Waals surface area contributed by atoms with Gasteiger partial charge in [-0.15, -0.1) is 0 Å². The van der Waals surface area contributed by atoms with Crippen LogP contribution in [0.1, 0.15) is 10.5 Å². The molecule has 0 unspecified atom stereocenters. The zero-order valence-corrected chi connectivity index (χ0v) is 14.7. The van der Waals surface area contributed by atoms with Gasteiger partial charge in [0.05, 0.1) is 11.4 Å². The van der Waals surface area contributed by atoms with Crippen LogP contribution in [-0.2, 0) is 14.8 Å². The monoisotopic (exact) mass is 382 g/mol. The van der Waals surface area contributed by atoms with Crippen molar-refractivity contribution in [2.24, 2.45) is 0 Å². The zero-order valence-electron chi connectivity index (χ0n) is 13.1. The van der Waals surface area contributed by atoms with E-state index in [1.807, 2.05) is 0 Å². The van der Waals surface area contributed by atoms with Crippen LogP contribution in [0.3, 0.4) is 0 Å².